The lowest BCUT2D eigenvalue weighted by molar-refractivity contribution is 0.0956. The summed E-state index contributed by atoms with van der Waals surface area (Å²) in [5.74, 6) is 1.13. The van der Waals surface area contributed by atoms with Gasteiger partial charge >= 0.3 is 0 Å². The van der Waals surface area contributed by atoms with Crippen LogP contribution >= 0.6 is 0 Å². The lowest BCUT2D eigenvalue weighted by Gasteiger charge is -2.08. The monoisotopic (exact) mass is 361 g/mol. The first-order valence-corrected chi connectivity index (χ1v) is 8.86. The van der Waals surface area contributed by atoms with Crippen LogP contribution in [0.2, 0.25) is 0 Å². The number of rotatable bonds is 5. The lowest BCUT2D eigenvalue weighted by atomic mass is 10.1. The second kappa shape index (κ2) is 7.45. The van der Waals surface area contributed by atoms with E-state index in [4.69, 9.17) is 9.47 Å². The Kier molecular flexibility index (Phi) is 4.70. The number of hydrogen-bond donors (Lipinski definition) is 1. The van der Waals surface area contributed by atoms with Crippen LogP contribution in [0.3, 0.4) is 0 Å². The van der Waals surface area contributed by atoms with E-state index in [2.05, 4.69) is 22.4 Å². The molecular weight excluding hydrogens is 342 g/mol. The van der Waals surface area contributed by atoms with Crippen LogP contribution in [0.5, 0.6) is 11.5 Å². The van der Waals surface area contributed by atoms with Crippen LogP contribution in [-0.2, 0) is 6.42 Å². The maximum Gasteiger partial charge on any atom is 0.272 e. The molecule has 0 atom stereocenters. The number of carbonyl (C=O) groups excluding carboxylic acids is 1. The molecule has 0 saturated heterocycles. The summed E-state index contributed by atoms with van der Waals surface area (Å²) in [4.78, 5) is 17.3. The Bertz CT molecular complexity index is 1030. The van der Waals surface area contributed by atoms with E-state index in [1.54, 1.807) is 6.21 Å². The van der Waals surface area contributed by atoms with E-state index in [1.165, 1.54) is 0 Å². The highest BCUT2D eigenvalue weighted by Crippen LogP contribution is 2.31. The molecule has 0 bridgehead atoms. The number of para-hydroxylation sites is 1. The van der Waals surface area contributed by atoms with Gasteiger partial charge in [0.2, 0.25) is 6.79 Å². The molecule has 4 rings (SSSR count). The van der Waals surface area contributed by atoms with Crippen molar-refractivity contribution < 1.29 is 14.3 Å². The number of fused-ring (bicyclic) bond motifs is 2. The summed E-state index contributed by atoms with van der Waals surface area (Å²) in [6, 6.07) is 15.0. The summed E-state index contributed by atoms with van der Waals surface area (Å²) in [5, 5.41) is 4.90. The Morgan fingerprint density at radius 2 is 2.04 bits per heavy atom. The summed E-state index contributed by atoms with van der Waals surface area (Å²) in [5.41, 5.74) is 5.71. The van der Waals surface area contributed by atoms with E-state index in [9.17, 15) is 4.79 Å². The average Bonchev–Trinajstić information content (AvgIpc) is 3.15. The number of carbonyl (C=O) groups is 1. The lowest BCUT2D eigenvalue weighted by Crippen LogP contribution is -2.18. The zero-order valence-corrected chi connectivity index (χ0v) is 14.9. The average molecular weight is 361 g/mol. The number of ether oxygens (including phenoxy) is 2. The van der Waals surface area contributed by atoms with Gasteiger partial charge in [0.1, 0.15) is 0 Å². The maximum absolute atomic E-state index is 12.7. The molecule has 0 radical (unpaired) electrons. The molecule has 0 unspecified atom stereocenters. The molecule has 1 aliphatic rings. The predicted molar refractivity (Wildman–Crippen MR) is 103 cm³/mol. The van der Waals surface area contributed by atoms with Crippen molar-refractivity contribution in [2.45, 2.75) is 19.8 Å². The van der Waals surface area contributed by atoms with Crippen LogP contribution in [-0.4, -0.2) is 23.9 Å². The van der Waals surface area contributed by atoms with E-state index in [0.29, 0.717) is 17.1 Å². The van der Waals surface area contributed by atoms with E-state index in [0.717, 1.165) is 35.0 Å². The molecule has 3 aromatic rings. The molecule has 1 N–H and O–H groups in total. The van der Waals surface area contributed by atoms with Crippen molar-refractivity contribution >= 4 is 23.0 Å². The van der Waals surface area contributed by atoms with Crippen molar-refractivity contribution in [3.8, 4) is 11.5 Å². The molecule has 27 heavy (non-hydrogen) atoms. The highest BCUT2D eigenvalue weighted by Gasteiger charge is 2.14. The van der Waals surface area contributed by atoms with Gasteiger partial charge in [0.15, 0.2) is 11.5 Å². The van der Waals surface area contributed by atoms with Gasteiger partial charge in [-0.3, -0.25) is 9.78 Å². The third-order valence-corrected chi connectivity index (χ3v) is 4.30. The van der Waals surface area contributed by atoms with Crippen molar-refractivity contribution in [3.63, 3.8) is 0 Å². The van der Waals surface area contributed by atoms with Gasteiger partial charge < -0.3 is 9.47 Å². The van der Waals surface area contributed by atoms with Gasteiger partial charge in [-0.15, -0.1) is 0 Å². The first-order chi connectivity index (χ1) is 13.2. The number of benzene rings is 2. The molecule has 1 aliphatic heterocycles. The topological polar surface area (TPSA) is 72.8 Å². The van der Waals surface area contributed by atoms with Crippen molar-refractivity contribution in [1.82, 2.24) is 10.4 Å². The standard InChI is InChI=1S/C21H19N3O3/c1-2-5-15-11-17(16-6-3-4-7-18(16)23-15)21(25)24-22-12-14-8-9-19-20(10-14)27-13-26-19/h3-4,6-12H,2,5,13H2,1H3,(H,24,25)/b22-12+. The van der Waals surface area contributed by atoms with Gasteiger partial charge in [-0.2, -0.15) is 5.10 Å². The van der Waals surface area contributed by atoms with Crippen molar-refractivity contribution in [2.75, 3.05) is 6.79 Å². The third-order valence-electron chi connectivity index (χ3n) is 4.30. The molecule has 0 spiro atoms. The van der Waals surface area contributed by atoms with Crippen LogP contribution < -0.4 is 14.9 Å². The largest absolute Gasteiger partial charge is 0.454 e. The molecule has 2 heterocycles. The molecular formula is C21H19N3O3. The highest BCUT2D eigenvalue weighted by molar-refractivity contribution is 6.06. The third kappa shape index (κ3) is 3.60. The highest BCUT2D eigenvalue weighted by atomic mass is 16.7. The van der Waals surface area contributed by atoms with Crippen LogP contribution in [0.25, 0.3) is 10.9 Å². The summed E-state index contributed by atoms with van der Waals surface area (Å²) in [6.45, 7) is 2.31. The molecule has 0 aliphatic carbocycles. The molecule has 6 nitrogen and oxygen atoms in total. The first-order valence-electron chi connectivity index (χ1n) is 8.86. The van der Waals surface area contributed by atoms with Gasteiger partial charge in [-0.25, -0.2) is 5.43 Å². The number of amides is 1. The molecule has 1 amide bonds. The zero-order chi connectivity index (χ0) is 18.6. The zero-order valence-electron chi connectivity index (χ0n) is 14.9. The smallest absolute Gasteiger partial charge is 0.272 e. The molecule has 6 heteroatoms. The molecule has 0 saturated carbocycles. The molecule has 2 aromatic carbocycles. The summed E-state index contributed by atoms with van der Waals surface area (Å²) in [6.07, 6.45) is 3.37. The summed E-state index contributed by atoms with van der Waals surface area (Å²) in [7, 11) is 0. The van der Waals surface area contributed by atoms with Crippen LogP contribution in [0.15, 0.2) is 53.6 Å². The van der Waals surface area contributed by atoms with Crippen LogP contribution in [0, 0.1) is 0 Å². The summed E-state index contributed by atoms with van der Waals surface area (Å²) < 4.78 is 10.6. The fraction of sp³-hybridized carbons (Fsp3) is 0.190. The Hall–Kier alpha value is -3.41. The Balaban J connectivity index is 1.56. The minimum absolute atomic E-state index is 0.224. The normalized spacial score (nSPS) is 12.6. The van der Waals surface area contributed by atoms with Gasteiger partial charge in [-0.05, 0) is 42.3 Å². The number of hydrogen-bond acceptors (Lipinski definition) is 5. The van der Waals surface area contributed by atoms with Crippen LogP contribution in [0.1, 0.15) is 35.0 Å². The predicted octanol–water partition coefficient (Wildman–Crippen LogP) is 3.68. The Labute approximate surface area is 156 Å². The van der Waals surface area contributed by atoms with Crippen molar-refractivity contribution in [2.24, 2.45) is 5.10 Å². The van der Waals surface area contributed by atoms with Crippen molar-refractivity contribution in [3.05, 3.63) is 65.4 Å². The molecule has 0 fully saturated rings. The fourth-order valence-electron chi connectivity index (χ4n) is 3.02. The van der Waals surface area contributed by atoms with Gasteiger partial charge in [0.05, 0.1) is 17.3 Å². The van der Waals surface area contributed by atoms with Gasteiger partial charge in [0, 0.05) is 11.1 Å². The minimum Gasteiger partial charge on any atom is -0.454 e. The number of nitrogens with one attached hydrogen (secondary N) is 1. The van der Waals surface area contributed by atoms with Gasteiger partial charge in [0.25, 0.3) is 5.91 Å². The van der Waals surface area contributed by atoms with E-state index in [1.807, 2.05) is 48.5 Å². The van der Waals surface area contributed by atoms with Crippen LogP contribution in [0.4, 0.5) is 0 Å². The number of pyridine rings is 1. The van der Waals surface area contributed by atoms with E-state index in [-0.39, 0.29) is 12.7 Å². The maximum atomic E-state index is 12.7. The number of hydrazone groups is 1. The Morgan fingerprint density at radius 3 is 2.93 bits per heavy atom. The second-order valence-corrected chi connectivity index (χ2v) is 6.24. The van der Waals surface area contributed by atoms with Crippen molar-refractivity contribution in [1.29, 1.82) is 0 Å². The van der Waals surface area contributed by atoms with Gasteiger partial charge in [-0.1, -0.05) is 31.5 Å². The molecule has 1 aromatic heterocycles. The second-order valence-electron chi connectivity index (χ2n) is 6.24. The van der Waals surface area contributed by atoms with E-state index >= 15 is 0 Å². The number of aryl methyl sites for hydroxylation is 1. The van der Waals surface area contributed by atoms with E-state index < -0.39 is 0 Å². The molecule has 136 valence electrons. The fourth-order valence-corrected chi connectivity index (χ4v) is 3.02. The first kappa shape index (κ1) is 17.0. The number of nitrogens with zero attached hydrogens (tertiary/aromatic N) is 2. The number of aromatic nitrogens is 1. The Morgan fingerprint density at radius 1 is 1.19 bits per heavy atom. The SMILES string of the molecule is CCCc1cc(C(=O)N/N=C/c2ccc3c(c2)OCO3)c2ccccc2n1. The minimum atomic E-state index is -0.261. The quantitative estimate of drug-likeness (QED) is 0.556. The summed E-state index contributed by atoms with van der Waals surface area (Å²) >= 11 is 0.